The Morgan fingerprint density at radius 1 is 1.73 bits per heavy atom. The molecular weight excluding hydrogens is 138 g/mol. The molecule has 62 valence electrons. The van der Waals surface area contributed by atoms with E-state index in [9.17, 15) is 0 Å². The van der Waals surface area contributed by atoms with Crippen LogP contribution < -0.4 is 0 Å². The summed E-state index contributed by atoms with van der Waals surface area (Å²) in [6, 6.07) is 2.15. The van der Waals surface area contributed by atoms with Crippen LogP contribution in [0.2, 0.25) is 0 Å². The molecular formula is C9H15NO. The van der Waals surface area contributed by atoms with E-state index < -0.39 is 0 Å². The van der Waals surface area contributed by atoms with E-state index in [-0.39, 0.29) is 11.7 Å². The molecule has 1 aliphatic heterocycles. The van der Waals surface area contributed by atoms with Crippen molar-refractivity contribution in [1.29, 1.82) is 5.26 Å². The molecule has 0 saturated carbocycles. The molecule has 0 aliphatic carbocycles. The summed E-state index contributed by atoms with van der Waals surface area (Å²) < 4.78 is 5.72. The van der Waals surface area contributed by atoms with Crippen LogP contribution in [0.3, 0.4) is 0 Å². The topological polar surface area (TPSA) is 33.0 Å². The van der Waals surface area contributed by atoms with E-state index in [4.69, 9.17) is 10.00 Å². The Kier molecular flexibility index (Phi) is 2.51. The predicted octanol–water partition coefficient (Wildman–Crippen LogP) is 2.25. The molecule has 0 spiro atoms. The molecule has 0 aromatic heterocycles. The van der Waals surface area contributed by atoms with Gasteiger partial charge in [-0.15, -0.1) is 0 Å². The van der Waals surface area contributed by atoms with Gasteiger partial charge in [0, 0.05) is 0 Å². The average Bonchev–Trinajstić information content (AvgIpc) is 2.35. The Hall–Kier alpha value is -0.550. The van der Waals surface area contributed by atoms with Crippen molar-refractivity contribution in [2.45, 2.75) is 51.2 Å². The minimum Gasteiger partial charge on any atom is -0.371 e. The molecule has 2 atom stereocenters. The molecule has 0 N–H and O–H groups in total. The molecule has 0 aromatic carbocycles. The first-order chi connectivity index (χ1) is 5.20. The summed E-state index contributed by atoms with van der Waals surface area (Å²) >= 11 is 0. The number of nitriles is 1. The summed E-state index contributed by atoms with van der Waals surface area (Å²) in [5.41, 5.74) is 0.0571. The summed E-state index contributed by atoms with van der Waals surface area (Å²) in [5, 5.41) is 8.44. The second-order valence-electron chi connectivity index (χ2n) is 3.44. The van der Waals surface area contributed by atoms with Crippen molar-refractivity contribution in [3.63, 3.8) is 0 Å². The quantitative estimate of drug-likeness (QED) is 0.609. The van der Waals surface area contributed by atoms with Crippen molar-refractivity contribution in [2.24, 2.45) is 0 Å². The van der Waals surface area contributed by atoms with Crippen LogP contribution in [0.5, 0.6) is 0 Å². The monoisotopic (exact) mass is 153 g/mol. The molecule has 0 aromatic rings. The first-order valence-corrected chi connectivity index (χ1v) is 4.25. The van der Waals surface area contributed by atoms with Crippen molar-refractivity contribution in [3.05, 3.63) is 0 Å². The van der Waals surface area contributed by atoms with Gasteiger partial charge in [0.2, 0.25) is 0 Å². The Morgan fingerprint density at radius 3 is 2.91 bits per heavy atom. The summed E-state index contributed by atoms with van der Waals surface area (Å²) in [7, 11) is 0. The standard InChI is InChI=1S/C9H15NO/c1-3-9(2)6-4-8(11-9)5-7-10/h8H,3-6H2,1-2H3. The summed E-state index contributed by atoms with van der Waals surface area (Å²) in [5.74, 6) is 0. The third-order valence-electron chi connectivity index (χ3n) is 2.51. The fraction of sp³-hybridized carbons (Fsp3) is 0.889. The third kappa shape index (κ3) is 1.94. The maximum Gasteiger partial charge on any atom is 0.0713 e. The first kappa shape index (κ1) is 8.55. The van der Waals surface area contributed by atoms with Crippen molar-refractivity contribution < 1.29 is 4.74 Å². The normalized spacial score (nSPS) is 37.0. The van der Waals surface area contributed by atoms with E-state index >= 15 is 0 Å². The van der Waals surface area contributed by atoms with Gasteiger partial charge in [-0.3, -0.25) is 0 Å². The van der Waals surface area contributed by atoms with Gasteiger partial charge in [-0.1, -0.05) is 6.92 Å². The van der Waals surface area contributed by atoms with E-state index in [2.05, 4.69) is 19.9 Å². The van der Waals surface area contributed by atoms with Gasteiger partial charge < -0.3 is 4.74 Å². The third-order valence-corrected chi connectivity index (χ3v) is 2.51. The molecule has 0 bridgehead atoms. The van der Waals surface area contributed by atoms with Crippen LogP contribution in [0.15, 0.2) is 0 Å². The second-order valence-corrected chi connectivity index (χ2v) is 3.44. The number of nitrogens with zero attached hydrogens (tertiary/aromatic N) is 1. The van der Waals surface area contributed by atoms with Crippen LogP contribution >= 0.6 is 0 Å². The molecule has 2 heteroatoms. The van der Waals surface area contributed by atoms with Gasteiger partial charge in [0.25, 0.3) is 0 Å². The van der Waals surface area contributed by atoms with E-state index in [0.29, 0.717) is 6.42 Å². The highest BCUT2D eigenvalue weighted by Gasteiger charge is 2.33. The van der Waals surface area contributed by atoms with Gasteiger partial charge in [0.1, 0.15) is 0 Å². The highest BCUT2D eigenvalue weighted by Crippen LogP contribution is 2.33. The van der Waals surface area contributed by atoms with Crippen LogP contribution in [0, 0.1) is 11.3 Å². The van der Waals surface area contributed by atoms with Crippen molar-refractivity contribution in [1.82, 2.24) is 0 Å². The lowest BCUT2D eigenvalue weighted by Gasteiger charge is -2.22. The zero-order chi connectivity index (χ0) is 8.32. The average molecular weight is 153 g/mol. The van der Waals surface area contributed by atoms with Crippen LogP contribution in [0.25, 0.3) is 0 Å². The van der Waals surface area contributed by atoms with Crippen molar-refractivity contribution in [3.8, 4) is 6.07 Å². The molecule has 1 heterocycles. The molecule has 1 aliphatic rings. The number of ether oxygens (including phenoxy) is 1. The van der Waals surface area contributed by atoms with Gasteiger partial charge in [-0.05, 0) is 26.2 Å². The van der Waals surface area contributed by atoms with E-state index in [1.165, 1.54) is 0 Å². The Balaban J connectivity index is 2.41. The zero-order valence-electron chi connectivity index (χ0n) is 7.26. The van der Waals surface area contributed by atoms with Gasteiger partial charge >= 0.3 is 0 Å². The molecule has 2 nitrogen and oxygen atoms in total. The fourth-order valence-electron chi connectivity index (χ4n) is 1.49. The van der Waals surface area contributed by atoms with Crippen molar-refractivity contribution in [2.75, 3.05) is 0 Å². The van der Waals surface area contributed by atoms with Crippen LogP contribution in [0.1, 0.15) is 39.5 Å². The Bertz CT molecular complexity index is 173. The first-order valence-electron chi connectivity index (χ1n) is 4.25. The smallest absolute Gasteiger partial charge is 0.0713 e. The van der Waals surface area contributed by atoms with Crippen LogP contribution in [0.4, 0.5) is 0 Å². The summed E-state index contributed by atoms with van der Waals surface area (Å²) in [4.78, 5) is 0. The minimum atomic E-state index is 0.0571. The Morgan fingerprint density at radius 2 is 2.45 bits per heavy atom. The summed E-state index contributed by atoms with van der Waals surface area (Å²) in [6.07, 6.45) is 3.96. The van der Waals surface area contributed by atoms with Crippen LogP contribution in [-0.4, -0.2) is 11.7 Å². The molecule has 0 amide bonds. The fourth-order valence-corrected chi connectivity index (χ4v) is 1.49. The van der Waals surface area contributed by atoms with Gasteiger partial charge in [0.05, 0.1) is 24.2 Å². The van der Waals surface area contributed by atoms with Crippen LogP contribution in [-0.2, 0) is 4.74 Å². The zero-order valence-corrected chi connectivity index (χ0v) is 7.26. The van der Waals surface area contributed by atoms with Gasteiger partial charge in [0.15, 0.2) is 0 Å². The second kappa shape index (κ2) is 3.23. The van der Waals surface area contributed by atoms with Crippen molar-refractivity contribution >= 4 is 0 Å². The van der Waals surface area contributed by atoms with E-state index in [1.807, 2.05) is 0 Å². The molecule has 11 heavy (non-hydrogen) atoms. The summed E-state index contributed by atoms with van der Waals surface area (Å²) in [6.45, 7) is 4.26. The molecule has 2 unspecified atom stereocenters. The minimum absolute atomic E-state index is 0.0571. The SMILES string of the molecule is CCC1(C)CCC(CC#N)O1. The number of rotatable bonds is 2. The van der Waals surface area contributed by atoms with E-state index in [0.717, 1.165) is 19.3 Å². The molecule has 1 saturated heterocycles. The predicted molar refractivity (Wildman–Crippen MR) is 43.0 cm³/mol. The van der Waals surface area contributed by atoms with Gasteiger partial charge in [-0.25, -0.2) is 0 Å². The highest BCUT2D eigenvalue weighted by molar-refractivity contribution is 4.88. The molecule has 1 rings (SSSR count). The molecule has 0 radical (unpaired) electrons. The number of hydrogen-bond acceptors (Lipinski definition) is 2. The lowest BCUT2D eigenvalue weighted by Crippen LogP contribution is -2.23. The van der Waals surface area contributed by atoms with E-state index in [1.54, 1.807) is 0 Å². The van der Waals surface area contributed by atoms with Gasteiger partial charge in [-0.2, -0.15) is 5.26 Å². The largest absolute Gasteiger partial charge is 0.371 e. The lowest BCUT2D eigenvalue weighted by atomic mass is 9.99. The Labute approximate surface area is 68.2 Å². The molecule has 1 fully saturated rings. The lowest BCUT2D eigenvalue weighted by molar-refractivity contribution is -0.0282. The maximum atomic E-state index is 8.44. The maximum absolute atomic E-state index is 8.44. The number of hydrogen-bond donors (Lipinski definition) is 0. The highest BCUT2D eigenvalue weighted by atomic mass is 16.5.